The molecule has 18 heavy (non-hydrogen) atoms. The molecule has 0 amide bonds. The maximum atomic E-state index is 5.78. The molecule has 2 atom stereocenters. The van der Waals surface area contributed by atoms with Crippen molar-refractivity contribution in [1.82, 2.24) is 10.3 Å². The van der Waals surface area contributed by atoms with Crippen LogP contribution in [-0.2, 0) is 4.74 Å². The van der Waals surface area contributed by atoms with Crippen LogP contribution in [0.25, 0.3) is 0 Å². The summed E-state index contributed by atoms with van der Waals surface area (Å²) in [7, 11) is 0. The first-order valence-corrected chi connectivity index (χ1v) is 6.53. The number of furan rings is 1. The highest BCUT2D eigenvalue weighted by Gasteiger charge is 2.39. The zero-order valence-electron chi connectivity index (χ0n) is 11.2. The van der Waals surface area contributed by atoms with E-state index < -0.39 is 0 Å². The fraction of sp³-hybridized carbons (Fsp3) is 0.692. The number of nitrogens with two attached hydrogens (primary N) is 1. The van der Waals surface area contributed by atoms with E-state index in [1.807, 2.05) is 6.07 Å². The van der Waals surface area contributed by atoms with Gasteiger partial charge in [0.25, 0.3) is 0 Å². The molecule has 0 aliphatic carbocycles. The van der Waals surface area contributed by atoms with Crippen molar-refractivity contribution in [3.8, 4) is 0 Å². The van der Waals surface area contributed by atoms with Crippen molar-refractivity contribution in [2.24, 2.45) is 5.84 Å². The normalized spacial score (nSPS) is 22.6. The van der Waals surface area contributed by atoms with Gasteiger partial charge in [-0.3, -0.25) is 16.2 Å². The van der Waals surface area contributed by atoms with Crippen molar-refractivity contribution in [3.05, 3.63) is 24.2 Å². The summed E-state index contributed by atoms with van der Waals surface area (Å²) in [6.45, 7) is 7.91. The third-order valence-electron chi connectivity index (χ3n) is 4.11. The van der Waals surface area contributed by atoms with Crippen LogP contribution in [0.3, 0.4) is 0 Å². The first-order valence-electron chi connectivity index (χ1n) is 6.53. The van der Waals surface area contributed by atoms with E-state index in [9.17, 15) is 0 Å². The van der Waals surface area contributed by atoms with Crippen LogP contribution in [0.5, 0.6) is 0 Å². The molecule has 3 N–H and O–H groups in total. The number of hydrogen-bond donors (Lipinski definition) is 2. The number of nitrogens with zero attached hydrogens (tertiary/aromatic N) is 1. The Hall–Kier alpha value is -0.880. The van der Waals surface area contributed by atoms with Gasteiger partial charge in [-0.1, -0.05) is 6.92 Å². The van der Waals surface area contributed by atoms with E-state index in [-0.39, 0.29) is 11.6 Å². The van der Waals surface area contributed by atoms with Crippen molar-refractivity contribution in [1.29, 1.82) is 0 Å². The standard InChI is InChI=1S/C13H23N3O2/c1-3-13(2,16-5-8-17-9-6-16)12(15-14)11-4-7-18-10-11/h4,7,10,12,15H,3,5-6,8-9,14H2,1-2H3. The van der Waals surface area contributed by atoms with Gasteiger partial charge in [-0.15, -0.1) is 0 Å². The summed E-state index contributed by atoms with van der Waals surface area (Å²) in [5, 5.41) is 0. The molecule has 1 fully saturated rings. The summed E-state index contributed by atoms with van der Waals surface area (Å²) in [4.78, 5) is 2.45. The molecule has 0 bridgehead atoms. The van der Waals surface area contributed by atoms with Gasteiger partial charge in [0.15, 0.2) is 0 Å². The van der Waals surface area contributed by atoms with E-state index in [1.54, 1.807) is 12.5 Å². The van der Waals surface area contributed by atoms with E-state index >= 15 is 0 Å². The van der Waals surface area contributed by atoms with Crippen LogP contribution in [0.2, 0.25) is 0 Å². The highest BCUT2D eigenvalue weighted by Crippen LogP contribution is 2.34. The monoisotopic (exact) mass is 253 g/mol. The lowest BCUT2D eigenvalue weighted by Crippen LogP contribution is -2.58. The van der Waals surface area contributed by atoms with Gasteiger partial charge in [0.2, 0.25) is 0 Å². The molecule has 2 rings (SSSR count). The predicted octanol–water partition coefficient (Wildman–Crippen LogP) is 1.28. The molecule has 0 saturated carbocycles. The molecule has 1 aliphatic heterocycles. The zero-order valence-corrected chi connectivity index (χ0v) is 11.2. The number of nitrogens with one attached hydrogen (secondary N) is 1. The van der Waals surface area contributed by atoms with Gasteiger partial charge in [-0.05, 0) is 19.4 Å². The lowest BCUT2D eigenvalue weighted by atomic mass is 9.84. The van der Waals surface area contributed by atoms with Crippen molar-refractivity contribution in [2.75, 3.05) is 26.3 Å². The van der Waals surface area contributed by atoms with Crippen LogP contribution >= 0.6 is 0 Å². The Morgan fingerprint density at radius 3 is 2.72 bits per heavy atom. The second-order valence-corrected chi connectivity index (χ2v) is 4.97. The van der Waals surface area contributed by atoms with Gasteiger partial charge in [-0.2, -0.15) is 0 Å². The highest BCUT2D eigenvalue weighted by molar-refractivity contribution is 5.18. The van der Waals surface area contributed by atoms with Gasteiger partial charge in [-0.25, -0.2) is 0 Å². The molecule has 1 saturated heterocycles. The van der Waals surface area contributed by atoms with Crippen LogP contribution in [0.15, 0.2) is 23.0 Å². The average molecular weight is 253 g/mol. The van der Waals surface area contributed by atoms with E-state index in [0.717, 1.165) is 38.3 Å². The van der Waals surface area contributed by atoms with Crippen LogP contribution in [0, 0.1) is 0 Å². The summed E-state index contributed by atoms with van der Waals surface area (Å²) in [6.07, 6.45) is 4.46. The number of ether oxygens (including phenoxy) is 1. The minimum atomic E-state index is -0.0393. The van der Waals surface area contributed by atoms with Gasteiger partial charge in [0.05, 0.1) is 31.8 Å². The Morgan fingerprint density at radius 2 is 2.22 bits per heavy atom. The molecular weight excluding hydrogens is 230 g/mol. The zero-order chi connectivity index (χ0) is 13.0. The SMILES string of the molecule is CCC(C)(C(NN)c1ccoc1)N1CCOCC1. The average Bonchev–Trinajstić information content (AvgIpc) is 2.94. The van der Waals surface area contributed by atoms with Crippen LogP contribution < -0.4 is 11.3 Å². The van der Waals surface area contributed by atoms with Gasteiger partial charge >= 0.3 is 0 Å². The molecule has 1 aromatic rings. The summed E-state index contributed by atoms with van der Waals surface area (Å²) in [5.74, 6) is 5.78. The van der Waals surface area contributed by atoms with E-state index in [4.69, 9.17) is 15.0 Å². The molecule has 1 aliphatic rings. The fourth-order valence-corrected chi connectivity index (χ4v) is 2.76. The minimum Gasteiger partial charge on any atom is -0.472 e. The third kappa shape index (κ3) is 2.44. The Bertz CT molecular complexity index is 349. The number of morpholine rings is 1. The molecule has 2 heterocycles. The molecule has 1 aromatic heterocycles. The molecule has 102 valence electrons. The molecule has 2 unspecified atom stereocenters. The summed E-state index contributed by atoms with van der Waals surface area (Å²) in [6, 6.07) is 2.03. The second kappa shape index (κ2) is 5.84. The molecule has 0 spiro atoms. The topological polar surface area (TPSA) is 63.7 Å². The predicted molar refractivity (Wildman–Crippen MR) is 69.9 cm³/mol. The smallest absolute Gasteiger partial charge is 0.0951 e. The maximum absolute atomic E-state index is 5.78. The quantitative estimate of drug-likeness (QED) is 0.611. The van der Waals surface area contributed by atoms with E-state index in [1.165, 1.54) is 0 Å². The lowest BCUT2D eigenvalue weighted by Gasteiger charge is -2.47. The third-order valence-corrected chi connectivity index (χ3v) is 4.11. The minimum absolute atomic E-state index is 0.0393. The van der Waals surface area contributed by atoms with Gasteiger partial charge < -0.3 is 9.15 Å². The van der Waals surface area contributed by atoms with Crippen molar-refractivity contribution in [3.63, 3.8) is 0 Å². The fourth-order valence-electron chi connectivity index (χ4n) is 2.76. The summed E-state index contributed by atoms with van der Waals surface area (Å²) >= 11 is 0. The Balaban J connectivity index is 2.23. The molecule has 5 nitrogen and oxygen atoms in total. The molecule has 5 heteroatoms. The molecular formula is C13H23N3O2. The Kier molecular flexibility index (Phi) is 4.40. The van der Waals surface area contributed by atoms with Crippen molar-refractivity contribution >= 4 is 0 Å². The van der Waals surface area contributed by atoms with Crippen molar-refractivity contribution in [2.45, 2.75) is 31.8 Å². The Labute approximate surface area is 108 Å². The summed E-state index contributed by atoms with van der Waals surface area (Å²) < 4.78 is 10.6. The summed E-state index contributed by atoms with van der Waals surface area (Å²) in [5.41, 5.74) is 4.00. The van der Waals surface area contributed by atoms with E-state index in [0.29, 0.717) is 0 Å². The molecule has 0 radical (unpaired) electrons. The van der Waals surface area contributed by atoms with Crippen LogP contribution in [0.4, 0.5) is 0 Å². The Morgan fingerprint density at radius 1 is 1.50 bits per heavy atom. The number of hydrazine groups is 1. The largest absolute Gasteiger partial charge is 0.472 e. The second-order valence-electron chi connectivity index (χ2n) is 4.97. The van der Waals surface area contributed by atoms with Gasteiger partial charge in [0, 0.05) is 24.2 Å². The van der Waals surface area contributed by atoms with Crippen LogP contribution in [0.1, 0.15) is 31.9 Å². The van der Waals surface area contributed by atoms with Gasteiger partial charge in [0.1, 0.15) is 0 Å². The van der Waals surface area contributed by atoms with Crippen LogP contribution in [-0.4, -0.2) is 36.7 Å². The molecule has 0 aromatic carbocycles. The highest BCUT2D eigenvalue weighted by atomic mass is 16.5. The van der Waals surface area contributed by atoms with Crippen molar-refractivity contribution < 1.29 is 9.15 Å². The maximum Gasteiger partial charge on any atom is 0.0951 e. The first-order chi connectivity index (χ1) is 8.72. The van der Waals surface area contributed by atoms with E-state index in [2.05, 4.69) is 24.2 Å². The number of rotatable bonds is 5. The lowest BCUT2D eigenvalue weighted by molar-refractivity contribution is -0.0330. The first kappa shape index (κ1) is 13.5. The number of hydrogen-bond acceptors (Lipinski definition) is 5.